The molecule has 0 saturated carbocycles. The van der Waals surface area contributed by atoms with Crippen molar-refractivity contribution in [3.63, 3.8) is 0 Å². The highest BCUT2D eigenvalue weighted by atomic mass is 35.5. The van der Waals surface area contributed by atoms with Gasteiger partial charge < -0.3 is 24.2 Å². The number of phenols is 1. The minimum absolute atomic E-state index is 0.0161. The molecule has 1 N–H and O–H groups in total. The molecule has 1 fully saturated rings. The Morgan fingerprint density at radius 3 is 2.56 bits per heavy atom. The lowest BCUT2D eigenvalue weighted by Gasteiger charge is -2.39. The fourth-order valence-corrected chi connectivity index (χ4v) is 5.62. The largest absolute Gasteiger partial charge is 0.507 e. The van der Waals surface area contributed by atoms with Gasteiger partial charge in [0.2, 0.25) is 6.79 Å². The average molecular weight is 572 g/mol. The second-order valence-corrected chi connectivity index (χ2v) is 10.5. The van der Waals surface area contributed by atoms with Gasteiger partial charge in [-0.15, -0.1) is 0 Å². The maximum Gasteiger partial charge on any atom is 0.254 e. The number of ether oxygens (including phenoxy) is 3. The number of carbonyl (C=O) groups is 1. The molecule has 0 radical (unpaired) electrons. The molecule has 1 amide bonds. The summed E-state index contributed by atoms with van der Waals surface area (Å²) in [5, 5.41) is 11.9. The molecule has 0 bridgehead atoms. The molecule has 6 rings (SSSR count). The average Bonchev–Trinajstić information content (AvgIpc) is 3.54. The minimum Gasteiger partial charge on any atom is -0.507 e. The Hall–Kier alpha value is -4.27. The van der Waals surface area contributed by atoms with E-state index in [-0.39, 0.29) is 24.5 Å². The summed E-state index contributed by atoms with van der Waals surface area (Å²) in [6, 6.07) is 22.4. The van der Waals surface area contributed by atoms with E-state index in [2.05, 4.69) is 17.0 Å². The molecule has 1 unspecified atom stereocenters. The number of fused-ring (bicyclic) bond motifs is 1. The van der Waals surface area contributed by atoms with Crippen LogP contribution in [0.4, 0.5) is 0 Å². The minimum atomic E-state index is -0.104. The van der Waals surface area contributed by atoms with Gasteiger partial charge in [0, 0.05) is 48.2 Å². The van der Waals surface area contributed by atoms with Gasteiger partial charge in [-0.05, 0) is 48.4 Å². The number of hydrogen-bond donors (Lipinski definition) is 1. The second-order valence-electron chi connectivity index (χ2n) is 10.1. The monoisotopic (exact) mass is 571 g/mol. The number of halogens is 1. The highest BCUT2D eigenvalue weighted by Crippen LogP contribution is 2.35. The van der Waals surface area contributed by atoms with Gasteiger partial charge in [0.05, 0.1) is 29.9 Å². The molecule has 1 saturated heterocycles. The van der Waals surface area contributed by atoms with Crippen LogP contribution in [0.3, 0.4) is 0 Å². The van der Waals surface area contributed by atoms with Crippen LogP contribution in [0.1, 0.15) is 15.9 Å². The van der Waals surface area contributed by atoms with Gasteiger partial charge in [-0.1, -0.05) is 41.9 Å². The van der Waals surface area contributed by atoms with E-state index in [0.717, 1.165) is 12.2 Å². The van der Waals surface area contributed by atoms with Gasteiger partial charge >= 0.3 is 0 Å². The first-order valence-corrected chi connectivity index (χ1v) is 13.9. The van der Waals surface area contributed by atoms with Crippen molar-refractivity contribution in [2.24, 2.45) is 0 Å². The smallest absolute Gasteiger partial charge is 0.254 e. The molecular weight excluding hydrogens is 542 g/mol. The van der Waals surface area contributed by atoms with Gasteiger partial charge in [-0.3, -0.25) is 9.69 Å². The first-order chi connectivity index (χ1) is 20.0. The topological polar surface area (TPSA) is 84.4 Å². The van der Waals surface area contributed by atoms with Crippen LogP contribution in [-0.2, 0) is 15.9 Å². The molecule has 9 heteroatoms. The molecule has 2 aliphatic heterocycles. The van der Waals surface area contributed by atoms with Crippen LogP contribution in [-0.4, -0.2) is 71.9 Å². The number of aromatic nitrogens is 1. The van der Waals surface area contributed by atoms with Crippen molar-refractivity contribution in [1.29, 1.82) is 0 Å². The zero-order chi connectivity index (χ0) is 28.3. The van der Waals surface area contributed by atoms with E-state index in [0.29, 0.717) is 64.7 Å². The number of rotatable bonds is 7. The third-order valence-corrected chi connectivity index (χ3v) is 7.85. The fraction of sp³-hybridized carbons (Fsp3) is 0.250. The van der Waals surface area contributed by atoms with Gasteiger partial charge in [-0.2, -0.15) is 0 Å². The quantitative estimate of drug-likeness (QED) is 0.314. The summed E-state index contributed by atoms with van der Waals surface area (Å²) in [5.41, 5.74) is 3.33. The summed E-state index contributed by atoms with van der Waals surface area (Å²) in [6.07, 6.45) is 2.49. The van der Waals surface area contributed by atoms with Crippen molar-refractivity contribution < 1.29 is 24.1 Å². The number of benzene rings is 3. The highest BCUT2D eigenvalue weighted by molar-refractivity contribution is 6.31. The molecule has 4 aromatic rings. The first kappa shape index (κ1) is 26.9. The second kappa shape index (κ2) is 11.7. The van der Waals surface area contributed by atoms with Crippen molar-refractivity contribution in [3.8, 4) is 22.8 Å². The number of amides is 1. The molecule has 0 spiro atoms. The van der Waals surface area contributed by atoms with Crippen molar-refractivity contribution in [1.82, 2.24) is 14.8 Å². The Kier molecular flexibility index (Phi) is 7.67. The number of hydrogen-bond acceptors (Lipinski definition) is 7. The molecule has 8 nitrogen and oxygen atoms in total. The summed E-state index contributed by atoms with van der Waals surface area (Å²) in [4.78, 5) is 23.0. The fourth-order valence-electron chi connectivity index (χ4n) is 5.45. The predicted molar refractivity (Wildman–Crippen MR) is 157 cm³/mol. The van der Waals surface area contributed by atoms with E-state index in [1.807, 2.05) is 23.1 Å². The summed E-state index contributed by atoms with van der Waals surface area (Å²) >= 11 is 6.34. The van der Waals surface area contributed by atoms with Crippen molar-refractivity contribution in [2.75, 3.05) is 40.1 Å². The summed E-state index contributed by atoms with van der Waals surface area (Å²) in [6.45, 7) is 2.68. The van der Waals surface area contributed by atoms with Crippen LogP contribution in [0, 0.1) is 0 Å². The zero-order valence-corrected chi connectivity index (χ0v) is 23.4. The van der Waals surface area contributed by atoms with Gasteiger partial charge in [0.25, 0.3) is 5.91 Å². The number of methoxy groups -OCH3 is 1. The van der Waals surface area contributed by atoms with Crippen molar-refractivity contribution in [2.45, 2.75) is 12.5 Å². The number of piperazine rings is 1. The third-order valence-electron chi connectivity index (χ3n) is 7.62. The van der Waals surface area contributed by atoms with E-state index in [9.17, 15) is 9.90 Å². The molecule has 1 aromatic heterocycles. The van der Waals surface area contributed by atoms with Crippen LogP contribution in [0.25, 0.3) is 22.2 Å². The van der Waals surface area contributed by atoms with E-state index in [1.165, 1.54) is 11.6 Å². The Balaban J connectivity index is 1.27. The molecule has 2 aliphatic rings. The Morgan fingerprint density at radius 2 is 1.85 bits per heavy atom. The molecule has 1 atom stereocenters. The van der Waals surface area contributed by atoms with Crippen LogP contribution in [0.5, 0.6) is 11.5 Å². The Morgan fingerprint density at radius 1 is 1.05 bits per heavy atom. The zero-order valence-electron chi connectivity index (χ0n) is 22.6. The van der Waals surface area contributed by atoms with Gasteiger partial charge in [0.15, 0.2) is 5.76 Å². The maximum atomic E-state index is 14.0. The summed E-state index contributed by atoms with van der Waals surface area (Å²) in [5.74, 6) is 1.26. The first-order valence-electron chi connectivity index (χ1n) is 13.5. The van der Waals surface area contributed by atoms with Crippen LogP contribution >= 0.6 is 11.6 Å². The van der Waals surface area contributed by atoms with Gasteiger partial charge in [0.1, 0.15) is 17.8 Å². The van der Waals surface area contributed by atoms with Crippen LogP contribution in [0.2, 0.25) is 5.02 Å². The van der Waals surface area contributed by atoms with E-state index < -0.39 is 0 Å². The Bertz CT molecular complexity index is 1600. The van der Waals surface area contributed by atoms with Crippen molar-refractivity contribution >= 4 is 28.4 Å². The predicted octanol–water partition coefficient (Wildman–Crippen LogP) is 5.48. The lowest BCUT2D eigenvalue weighted by atomic mass is 10.0. The summed E-state index contributed by atoms with van der Waals surface area (Å²) in [7, 11) is 1.54. The van der Waals surface area contributed by atoms with E-state index in [4.69, 9.17) is 30.8 Å². The van der Waals surface area contributed by atoms with Crippen molar-refractivity contribution in [3.05, 3.63) is 101 Å². The lowest BCUT2D eigenvalue weighted by Crippen LogP contribution is -2.53. The number of aromatic hydroxyl groups is 1. The molecule has 0 aliphatic carbocycles. The molecule has 210 valence electrons. The number of nitrogens with zero attached hydrogens (tertiary/aromatic N) is 3. The SMILES string of the molecule is COc1ccc(-c2cc(C(=O)N3CCN(C(Cc4ccccc4)C4=COCO4)CC3)c3cc(Cl)ccc3n2)c(O)c1. The molecule has 3 aromatic carbocycles. The normalized spacial score (nSPS) is 16.1. The molecule has 3 heterocycles. The van der Waals surface area contributed by atoms with E-state index >= 15 is 0 Å². The maximum absolute atomic E-state index is 14.0. The van der Waals surface area contributed by atoms with Crippen LogP contribution in [0.15, 0.2) is 84.8 Å². The van der Waals surface area contributed by atoms with E-state index in [1.54, 1.807) is 49.8 Å². The van der Waals surface area contributed by atoms with Crippen LogP contribution < -0.4 is 4.74 Å². The third kappa shape index (κ3) is 5.66. The standard InChI is InChI=1S/C32H30ClN3O5/c1-39-23-8-9-24(30(37)17-23)28-18-26(25-16-22(33)7-10-27(25)34-28)32(38)36-13-11-35(12-14-36)29(31-19-40-20-41-31)15-21-5-3-2-4-6-21/h2-10,16-19,29,37H,11-15,20H2,1H3. The lowest BCUT2D eigenvalue weighted by molar-refractivity contribution is 0.0408. The molecular formula is C32H30ClN3O5. The van der Waals surface area contributed by atoms with Gasteiger partial charge in [-0.25, -0.2) is 4.98 Å². The number of carbonyl (C=O) groups excluding carboxylic acids is 1. The highest BCUT2D eigenvalue weighted by Gasteiger charge is 2.32. The Labute approximate surface area is 243 Å². The number of phenolic OH excluding ortho intramolecular Hbond substituents is 1. The molecule has 41 heavy (non-hydrogen) atoms. The number of pyridine rings is 1. The summed E-state index contributed by atoms with van der Waals surface area (Å²) < 4.78 is 16.4.